The summed E-state index contributed by atoms with van der Waals surface area (Å²) in [5, 5.41) is 3.97. The van der Waals surface area contributed by atoms with Crippen molar-refractivity contribution >= 4 is 52.6 Å². The zero-order valence-corrected chi connectivity index (χ0v) is 15.0. The van der Waals surface area contributed by atoms with Gasteiger partial charge in [-0.1, -0.05) is 42.2 Å². The number of nitrogens with zero attached hydrogens (tertiary/aromatic N) is 2. The molecule has 7 heteroatoms. The second-order valence-corrected chi connectivity index (χ2v) is 5.87. The van der Waals surface area contributed by atoms with Crippen LogP contribution in [0.1, 0.15) is 32.8 Å². The van der Waals surface area contributed by atoms with E-state index in [-0.39, 0.29) is 12.6 Å². The summed E-state index contributed by atoms with van der Waals surface area (Å²) in [6.45, 7) is 5.45. The molecule has 1 aromatic carbocycles. The molecular formula is C15H19Cl3N2O2. The molecule has 0 heterocycles. The fraction of sp³-hybridized carbons (Fsp3) is 0.467. The van der Waals surface area contributed by atoms with Crippen LogP contribution < -0.4 is 4.90 Å². The summed E-state index contributed by atoms with van der Waals surface area (Å²) in [6.07, 6.45) is 2.64. The standard InChI is InChI=1S/C15H19Cl3N2O2/c1-4-11-13(18)7-10(16)8-14(11)20(9-22-19-6-3)15(21)12(17)5-2/h6-8,12H,4-5,9H2,1-3H3. The van der Waals surface area contributed by atoms with Crippen LogP contribution in [-0.2, 0) is 16.1 Å². The molecule has 0 fully saturated rings. The molecule has 0 aliphatic carbocycles. The van der Waals surface area contributed by atoms with Gasteiger partial charge >= 0.3 is 0 Å². The smallest absolute Gasteiger partial charge is 0.247 e. The van der Waals surface area contributed by atoms with Gasteiger partial charge < -0.3 is 4.84 Å². The number of rotatable bonds is 7. The van der Waals surface area contributed by atoms with Crippen molar-refractivity contribution in [3.05, 3.63) is 27.7 Å². The highest BCUT2D eigenvalue weighted by molar-refractivity contribution is 6.36. The molecule has 0 aromatic heterocycles. The average Bonchev–Trinajstić information content (AvgIpc) is 2.49. The molecule has 0 N–H and O–H groups in total. The zero-order chi connectivity index (χ0) is 16.7. The minimum atomic E-state index is -0.656. The Kier molecular flexibility index (Phi) is 8.01. The monoisotopic (exact) mass is 364 g/mol. The highest BCUT2D eigenvalue weighted by atomic mass is 35.5. The number of alkyl halides is 1. The molecule has 122 valence electrons. The van der Waals surface area contributed by atoms with Crippen LogP contribution in [0.3, 0.4) is 0 Å². The predicted octanol–water partition coefficient (Wildman–Crippen LogP) is 4.89. The van der Waals surface area contributed by atoms with Gasteiger partial charge in [-0.25, -0.2) is 0 Å². The van der Waals surface area contributed by atoms with Gasteiger partial charge in [0.1, 0.15) is 5.38 Å². The average molecular weight is 366 g/mol. The zero-order valence-electron chi connectivity index (χ0n) is 12.8. The van der Waals surface area contributed by atoms with E-state index < -0.39 is 5.38 Å². The minimum Gasteiger partial charge on any atom is -0.374 e. The fourth-order valence-electron chi connectivity index (χ4n) is 1.94. The second-order valence-electron chi connectivity index (χ2n) is 4.50. The van der Waals surface area contributed by atoms with E-state index >= 15 is 0 Å². The van der Waals surface area contributed by atoms with Crippen LogP contribution in [0, 0.1) is 0 Å². The lowest BCUT2D eigenvalue weighted by molar-refractivity contribution is -0.119. The third kappa shape index (κ3) is 4.77. The van der Waals surface area contributed by atoms with Crippen LogP contribution in [0.4, 0.5) is 5.69 Å². The number of hydrogen-bond acceptors (Lipinski definition) is 3. The van der Waals surface area contributed by atoms with Crippen molar-refractivity contribution in [1.82, 2.24) is 0 Å². The van der Waals surface area contributed by atoms with E-state index in [1.54, 1.807) is 19.1 Å². The van der Waals surface area contributed by atoms with Crippen molar-refractivity contribution < 1.29 is 9.63 Å². The fourth-order valence-corrected chi connectivity index (χ4v) is 2.68. The van der Waals surface area contributed by atoms with Gasteiger partial charge in [-0.15, -0.1) is 11.6 Å². The van der Waals surface area contributed by atoms with Gasteiger partial charge in [-0.3, -0.25) is 9.69 Å². The van der Waals surface area contributed by atoms with E-state index in [4.69, 9.17) is 39.6 Å². The largest absolute Gasteiger partial charge is 0.374 e. The van der Waals surface area contributed by atoms with Crippen molar-refractivity contribution in [2.45, 2.75) is 39.0 Å². The van der Waals surface area contributed by atoms with Gasteiger partial charge in [-0.2, -0.15) is 0 Å². The van der Waals surface area contributed by atoms with Crippen LogP contribution in [0.25, 0.3) is 0 Å². The van der Waals surface area contributed by atoms with Gasteiger partial charge in [0.05, 0.1) is 5.69 Å². The van der Waals surface area contributed by atoms with Gasteiger partial charge in [0.25, 0.3) is 0 Å². The Bertz CT molecular complexity index is 550. The summed E-state index contributed by atoms with van der Waals surface area (Å²) in [5.41, 5.74) is 1.40. The normalized spacial score (nSPS) is 12.5. The van der Waals surface area contributed by atoms with Gasteiger partial charge in [-0.05, 0) is 37.5 Å². The van der Waals surface area contributed by atoms with Crippen molar-refractivity contribution in [3.63, 3.8) is 0 Å². The number of amides is 1. The molecule has 0 saturated heterocycles. The first kappa shape index (κ1) is 19.1. The number of benzene rings is 1. The summed E-state index contributed by atoms with van der Waals surface area (Å²) < 4.78 is 0. The summed E-state index contributed by atoms with van der Waals surface area (Å²) in [6, 6.07) is 3.33. The van der Waals surface area contributed by atoms with Crippen molar-refractivity contribution in [1.29, 1.82) is 0 Å². The molecule has 0 spiro atoms. The molecule has 0 saturated carbocycles. The molecule has 0 aliphatic rings. The third-order valence-corrected chi connectivity index (χ3v) is 4.09. The minimum absolute atomic E-state index is 0.0595. The van der Waals surface area contributed by atoms with Crippen LogP contribution in [-0.4, -0.2) is 24.2 Å². The summed E-state index contributed by atoms with van der Waals surface area (Å²) in [7, 11) is 0. The Hall–Kier alpha value is -0.970. The Morgan fingerprint density at radius 1 is 1.41 bits per heavy atom. The van der Waals surface area contributed by atoms with Crippen LogP contribution in [0.5, 0.6) is 0 Å². The maximum atomic E-state index is 12.5. The molecule has 1 amide bonds. The van der Waals surface area contributed by atoms with Crippen LogP contribution in [0.15, 0.2) is 17.3 Å². The predicted molar refractivity (Wildman–Crippen MR) is 93.4 cm³/mol. The van der Waals surface area contributed by atoms with Crippen molar-refractivity contribution in [2.24, 2.45) is 5.16 Å². The lowest BCUT2D eigenvalue weighted by Gasteiger charge is -2.26. The maximum absolute atomic E-state index is 12.5. The topological polar surface area (TPSA) is 41.9 Å². The van der Waals surface area contributed by atoms with Crippen molar-refractivity contribution in [3.8, 4) is 0 Å². The maximum Gasteiger partial charge on any atom is 0.247 e. The second kappa shape index (κ2) is 9.23. The molecular weight excluding hydrogens is 347 g/mol. The molecule has 0 bridgehead atoms. The SMILES string of the molecule is CC=NOCN(C(=O)C(Cl)CC)c1cc(Cl)cc(Cl)c1CC. The molecule has 1 aromatic rings. The quantitative estimate of drug-likeness (QED) is 0.299. The highest BCUT2D eigenvalue weighted by Crippen LogP contribution is 2.33. The van der Waals surface area contributed by atoms with E-state index in [0.29, 0.717) is 28.6 Å². The highest BCUT2D eigenvalue weighted by Gasteiger charge is 2.26. The van der Waals surface area contributed by atoms with Crippen LogP contribution in [0.2, 0.25) is 10.0 Å². The van der Waals surface area contributed by atoms with Gasteiger partial charge in [0, 0.05) is 16.3 Å². The number of hydrogen-bond donors (Lipinski definition) is 0. The molecule has 0 radical (unpaired) electrons. The van der Waals surface area contributed by atoms with Crippen LogP contribution >= 0.6 is 34.8 Å². The number of anilines is 1. The Labute approximate surface area is 146 Å². The number of halogens is 3. The Morgan fingerprint density at radius 3 is 2.64 bits per heavy atom. The summed E-state index contributed by atoms with van der Waals surface area (Å²) >= 11 is 18.4. The van der Waals surface area contributed by atoms with E-state index in [1.165, 1.54) is 11.1 Å². The van der Waals surface area contributed by atoms with Gasteiger partial charge in [0.15, 0.2) is 6.73 Å². The molecule has 1 unspecified atom stereocenters. The first-order chi connectivity index (χ1) is 10.5. The number of carbonyl (C=O) groups is 1. The van der Waals surface area contributed by atoms with E-state index in [2.05, 4.69) is 5.16 Å². The first-order valence-corrected chi connectivity index (χ1v) is 8.18. The Balaban J connectivity index is 3.28. The lowest BCUT2D eigenvalue weighted by Crippen LogP contribution is -2.38. The molecule has 1 rings (SSSR count). The molecule has 1 atom stereocenters. The summed E-state index contributed by atoms with van der Waals surface area (Å²) in [4.78, 5) is 19.1. The summed E-state index contributed by atoms with van der Waals surface area (Å²) in [5.74, 6) is -0.275. The van der Waals surface area contributed by atoms with E-state index in [1.807, 2.05) is 13.8 Å². The third-order valence-electron chi connectivity index (χ3n) is 3.04. The first-order valence-electron chi connectivity index (χ1n) is 6.99. The number of oxime groups is 1. The Morgan fingerprint density at radius 2 is 2.09 bits per heavy atom. The van der Waals surface area contributed by atoms with Gasteiger partial charge in [0.2, 0.25) is 5.91 Å². The molecule has 22 heavy (non-hydrogen) atoms. The molecule has 4 nitrogen and oxygen atoms in total. The number of carbonyl (C=O) groups excluding carboxylic acids is 1. The molecule has 0 aliphatic heterocycles. The van der Waals surface area contributed by atoms with Crippen molar-refractivity contribution in [2.75, 3.05) is 11.6 Å². The lowest BCUT2D eigenvalue weighted by atomic mass is 10.1. The van der Waals surface area contributed by atoms with E-state index in [0.717, 1.165) is 5.56 Å². The van der Waals surface area contributed by atoms with E-state index in [9.17, 15) is 4.79 Å².